The summed E-state index contributed by atoms with van der Waals surface area (Å²) < 4.78 is 4.73. The van der Waals surface area contributed by atoms with Gasteiger partial charge in [-0.15, -0.1) is 11.8 Å². The van der Waals surface area contributed by atoms with Crippen LogP contribution in [-0.4, -0.2) is 36.1 Å². The number of carbonyl (C=O) groups excluding carboxylic acids is 2. The fourth-order valence-electron chi connectivity index (χ4n) is 4.90. The SMILES string of the molecule is COC(=O)c1ccc(C(C[N+](=O)[O-])C2CCc3cc4c(cc3C2=O)SCCC4(C)C)cc1. The summed E-state index contributed by atoms with van der Waals surface area (Å²) in [4.78, 5) is 37.6. The van der Waals surface area contributed by atoms with Gasteiger partial charge in [0.2, 0.25) is 6.54 Å². The number of nitrogens with zero attached hydrogens (tertiary/aromatic N) is 1. The van der Waals surface area contributed by atoms with Gasteiger partial charge in [0.15, 0.2) is 5.78 Å². The molecule has 0 spiro atoms. The maximum atomic E-state index is 13.6. The molecule has 1 aliphatic heterocycles. The molecule has 0 aromatic heterocycles. The average molecular weight is 454 g/mol. The Morgan fingerprint density at radius 1 is 1.28 bits per heavy atom. The van der Waals surface area contributed by atoms with Gasteiger partial charge in [-0.3, -0.25) is 14.9 Å². The Hall–Kier alpha value is -2.67. The monoisotopic (exact) mass is 453 g/mol. The minimum Gasteiger partial charge on any atom is -0.465 e. The zero-order valence-electron chi connectivity index (χ0n) is 18.6. The van der Waals surface area contributed by atoms with Crippen molar-refractivity contribution in [2.45, 2.75) is 49.3 Å². The first-order valence-corrected chi connectivity index (χ1v) is 11.8. The van der Waals surface area contributed by atoms with Crippen molar-refractivity contribution in [1.29, 1.82) is 0 Å². The maximum Gasteiger partial charge on any atom is 0.337 e. The highest BCUT2D eigenvalue weighted by Crippen LogP contribution is 2.45. The van der Waals surface area contributed by atoms with E-state index in [0.29, 0.717) is 23.1 Å². The van der Waals surface area contributed by atoms with Crippen molar-refractivity contribution in [2.24, 2.45) is 5.92 Å². The first-order valence-electron chi connectivity index (χ1n) is 10.9. The van der Waals surface area contributed by atoms with Crippen LogP contribution in [0.5, 0.6) is 0 Å². The number of ketones is 1. The quantitative estimate of drug-likeness (QED) is 0.358. The smallest absolute Gasteiger partial charge is 0.337 e. The molecule has 7 heteroatoms. The number of hydrogen-bond acceptors (Lipinski definition) is 6. The average Bonchev–Trinajstić information content (AvgIpc) is 2.77. The molecule has 6 nitrogen and oxygen atoms in total. The van der Waals surface area contributed by atoms with Gasteiger partial charge in [-0.1, -0.05) is 32.0 Å². The Bertz CT molecular complexity index is 1080. The van der Waals surface area contributed by atoms with E-state index in [2.05, 4.69) is 19.9 Å². The number of nitro groups is 1. The van der Waals surface area contributed by atoms with Crippen LogP contribution in [0.25, 0.3) is 0 Å². The second-order valence-electron chi connectivity index (χ2n) is 9.23. The number of fused-ring (bicyclic) bond motifs is 2. The Balaban J connectivity index is 1.68. The lowest BCUT2D eigenvalue weighted by Crippen LogP contribution is -2.32. The fourth-order valence-corrected chi connectivity index (χ4v) is 6.42. The van der Waals surface area contributed by atoms with Crippen LogP contribution in [0.1, 0.15) is 70.0 Å². The third-order valence-corrected chi connectivity index (χ3v) is 7.89. The topological polar surface area (TPSA) is 86.5 Å². The minimum absolute atomic E-state index is 0.0121. The molecule has 1 aliphatic carbocycles. The second-order valence-corrected chi connectivity index (χ2v) is 10.4. The van der Waals surface area contributed by atoms with Gasteiger partial charge in [0.05, 0.1) is 18.6 Å². The van der Waals surface area contributed by atoms with E-state index < -0.39 is 17.8 Å². The van der Waals surface area contributed by atoms with Crippen LogP contribution in [0.4, 0.5) is 0 Å². The zero-order valence-corrected chi connectivity index (χ0v) is 19.4. The highest BCUT2D eigenvalue weighted by Gasteiger charge is 2.39. The van der Waals surface area contributed by atoms with Crippen LogP contribution in [0.15, 0.2) is 41.3 Å². The molecule has 32 heavy (non-hydrogen) atoms. The van der Waals surface area contributed by atoms with Gasteiger partial charge < -0.3 is 4.74 Å². The molecule has 168 valence electrons. The van der Waals surface area contributed by atoms with E-state index in [-0.39, 0.29) is 22.7 Å². The highest BCUT2D eigenvalue weighted by atomic mass is 32.2. The van der Waals surface area contributed by atoms with Gasteiger partial charge in [0, 0.05) is 21.3 Å². The molecular formula is C25H27NO5S. The molecule has 0 radical (unpaired) electrons. The van der Waals surface area contributed by atoms with Gasteiger partial charge >= 0.3 is 5.97 Å². The molecule has 0 fully saturated rings. The van der Waals surface area contributed by atoms with Crippen LogP contribution in [0.3, 0.4) is 0 Å². The van der Waals surface area contributed by atoms with Crippen molar-refractivity contribution in [3.8, 4) is 0 Å². The van der Waals surface area contributed by atoms with Gasteiger partial charge in [-0.2, -0.15) is 0 Å². The van der Waals surface area contributed by atoms with E-state index in [1.54, 1.807) is 36.0 Å². The largest absolute Gasteiger partial charge is 0.465 e. The number of thioether (sulfide) groups is 1. The van der Waals surface area contributed by atoms with Crippen LogP contribution < -0.4 is 0 Å². The summed E-state index contributed by atoms with van der Waals surface area (Å²) in [5.74, 6) is -0.460. The maximum absolute atomic E-state index is 13.6. The van der Waals surface area contributed by atoms with E-state index in [1.165, 1.54) is 12.7 Å². The van der Waals surface area contributed by atoms with Gasteiger partial charge in [-0.05, 0) is 65.3 Å². The standard InChI is InChI=1S/C25H27NO5S/c1-25(2)10-11-32-22-13-19-17(12-21(22)25)8-9-18(23(19)27)20(14-26(29)30)15-4-6-16(7-5-15)24(28)31-3/h4-7,12-13,18,20H,8-11,14H2,1-3H3. The first-order chi connectivity index (χ1) is 15.2. The van der Waals surface area contributed by atoms with Crippen molar-refractivity contribution in [2.75, 3.05) is 19.4 Å². The highest BCUT2D eigenvalue weighted by molar-refractivity contribution is 7.99. The van der Waals surface area contributed by atoms with Gasteiger partial charge in [0.1, 0.15) is 0 Å². The summed E-state index contributed by atoms with van der Waals surface area (Å²) in [5.41, 5.74) is 4.24. The fraction of sp³-hybridized carbons (Fsp3) is 0.440. The number of Topliss-reactive ketones (excluding diaryl/α,β-unsaturated/α-hetero) is 1. The molecule has 2 unspecified atom stereocenters. The third-order valence-electron chi connectivity index (χ3n) is 6.84. The van der Waals surface area contributed by atoms with Gasteiger partial charge in [0.25, 0.3) is 0 Å². The number of methoxy groups -OCH3 is 1. The Morgan fingerprint density at radius 2 is 2.00 bits per heavy atom. The van der Waals surface area contributed by atoms with E-state index in [9.17, 15) is 19.7 Å². The summed E-state index contributed by atoms with van der Waals surface area (Å²) in [6, 6.07) is 10.8. The normalized spacial score (nSPS) is 20.1. The van der Waals surface area contributed by atoms with E-state index in [4.69, 9.17) is 4.74 Å². The molecule has 2 aliphatic rings. The summed E-state index contributed by atoms with van der Waals surface area (Å²) in [6.07, 6.45) is 2.41. The Morgan fingerprint density at radius 3 is 2.66 bits per heavy atom. The molecule has 2 atom stereocenters. The number of aryl methyl sites for hydroxylation is 1. The molecular weight excluding hydrogens is 426 g/mol. The number of hydrogen-bond donors (Lipinski definition) is 0. The van der Waals surface area contributed by atoms with E-state index >= 15 is 0 Å². The molecule has 4 rings (SSSR count). The van der Waals surface area contributed by atoms with Crippen LogP contribution in [-0.2, 0) is 16.6 Å². The number of esters is 1. The van der Waals surface area contributed by atoms with Crippen molar-refractivity contribution in [3.63, 3.8) is 0 Å². The molecule has 0 amide bonds. The Kier molecular flexibility index (Phi) is 6.12. The summed E-state index contributed by atoms with van der Waals surface area (Å²) in [6.45, 7) is 4.17. The van der Waals surface area contributed by atoms with Crippen molar-refractivity contribution < 1.29 is 19.2 Å². The molecule has 2 aromatic carbocycles. The van der Waals surface area contributed by atoms with Crippen molar-refractivity contribution >= 4 is 23.5 Å². The lowest BCUT2D eigenvalue weighted by molar-refractivity contribution is -0.484. The van der Waals surface area contributed by atoms with Crippen LogP contribution >= 0.6 is 11.8 Å². The molecule has 1 heterocycles. The molecule has 0 bridgehead atoms. The van der Waals surface area contributed by atoms with Crippen LogP contribution in [0.2, 0.25) is 0 Å². The van der Waals surface area contributed by atoms with Crippen molar-refractivity contribution in [3.05, 3.63) is 74.3 Å². The molecule has 0 N–H and O–H groups in total. The number of carbonyl (C=O) groups is 2. The van der Waals surface area contributed by atoms with Crippen LogP contribution in [0, 0.1) is 16.0 Å². The first kappa shape index (κ1) is 22.5. The summed E-state index contributed by atoms with van der Waals surface area (Å²) in [7, 11) is 1.31. The predicted molar refractivity (Wildman–Crippen MR) is 123 cm³/mol. The van der Waals surface area contributed by atoms with E-state index in [0.717, 1.165) is 29.1 Å². The summed E-state index contributed by atoms with van der Waals surface area (Å²) in [5, 5.41) is 11.5. The lowest BCUT2D eigenvalue weighted by atomic mass is 9.72. The third kappa shape index (κ3) is 4.18. The predicted octanol–water partition coefficient (Wildman–Crippen LogP) is 5.05. The zero-order chi connectivity index (χ0) is 23.0. The number of ether oxygens (including phenoxy) is 1. The number of rotatable bonds is 5. The van der Waals surface area contributed by atoms with Crippen molar-refractivity contribution in [1.82, 2.24) is 0 Å². The molecule has 0 saturated carbocycles. The van der Waals surface area contributed by atoms with E-state index in [1.807, 2.05) is 6.07 Å². The number of benzene rings is 2. The lowest BCUT2D eigenvalue weighted by Gasteiger charge is -2.35. The molecule has 2 aromatic rings. The van der Waals surface area contributed by atoms with Gasteiger partial charge in [-0.25, -0.2) is 4.79 Å². The molecule has 0 saturated heterocycles. The summed E-state index contributed by atoms with van der Waals surface area (Å²) >= 11 is 1.78. The Labute approximate surface area is 191 Å². The minimum atomic E-state index is -0.544. The second kappa shape index (κ2) is 8.70.